The maximum absolute atomic E-state index is 13.4. The van der Waals surface area contributed by atoms with Gasteiger partial charge in [0.05, 0.1) is 10.5 Å². The number of carbonyl (C=O) groups excluding carboxylic acids is 1. The zero-order chi connectivity index (χ0) is 21.2. The van der Waals surface area contributed by atoms with Crippen molar-refractivity contribution in [2.75, 3.05) is 13.1 Å². The van der Waals surface area contributed by atoms with Crippen LogP contribution in [0.5, 0.6) is 0 Å². The summed E-state index contributed by atoms with van der Waals surface area (Å²) in [7, 11) is -4.32. The number of halogens is 4. The summed E-state index contributed by atoms with van der Waals surface area (Å²) in [5, 5.41) is 0. The summed E-state index contributed by atoms with van der Waals surface area (Å²) in [6.45, 7) is 1.10. The van der Waals surface area contributed by atoms with E-state index < -0.39 is 32.5 Å². The molecule has 1 fully saturated rings. The smallest absolute Gasteiger partial charge is 0.339 e. The van der Waals surface area contributed by atoms with Crippen LogP contribution in [0.3, 0.4) is 0 Å². The first-order valence-corrected chi connectivity index (χ1v) is 10.3. The minimum Gasteiger partial charge on any atom is -0.339 e. The molecule has 0 radical (unpaired) electrons. The summed E-state index contributed by atoms with van der Waals surface area (Å²) in [5.74, 6) is -1.70. The van der Waals surface area contributed by atoms with Gasteiger partial charge in [0, 0.05) is 25.2 Å². The van der Waals surface area contributed by atoms with Crippen molar-refractivity contribution in [1.29, 1.82) is 0 Å². The van der Waals surface area contributed by atoms with E-state index in [4.69, 9.17) is 0 Å². The zero-order valence-corrected chi connectivity index (χ0v) is 16.0. The van der Waals surface area contributed by atoms with Crippen molar-refractivity contribution in [2.24, 2.45) is 0 Å². The zero-order valence-electron chi connectivity index (χ0n) is 15.2. The average molecular weight is 430 g/mol. The Balaban J connectivity index is 1.76. The second-order valence-corrected chi connectivity index (χ2v) is 8.43. The van der Waals surface area contributed by atoms with Crippen LogP contribution < -0.4 is 4.72 Å². The lowest BCUT2D eigenvalue weighted by atomic mass is 10.1. The average Bonchev–Trinajstić information content (AvgIpc) is 3.20. The SMILES string of the molecule is O=C(c1cccc(CNS(=O)(=O)c2ccc(F)c(C(F)(F)F)c2)c1)N1CCCC1. The van der Waals surface area contributed by atoms with Crippen LogP contribution in [-0.2, 0) is 22.7 Å². The molecule has 10 heteroatoms. The van der Waals surface area contributed by atoms with Gasteiger partial charge in [-0.05, 0) is 48.7 Å². The van der Waals surface area contributed by atoms with Crippen molar-refractivity contribution in [3.05, 3.63) is 65.0 Å². The molecule has 2 aromatic rings. The molecular formula is C19H18F4N2O3S. The largest absolute Gasteiger partial charge is 0.419 e. The van der Waals surface area contributed by atoms with Gasteiger partial charge in [0.25, 0.3) is 5.91 Å². The molecule has 1 amide bonds. The number of amides is 1. The molecule has 1 aliphatic rings. The highest BCUT2D eigenvalue weighted by molar-refractivity contribution is 7.89. The van der Waals surface area contributed by atoms with Crippen molar-refractivity contribution < 1.29 is 30.8 Å². The summed E-state index contributed by atoms with van der Waals surface area (Å²) in [6.07, 6.45) is -3.15. The second kappa shape index (κ2) is 8.11. The van der Waals surface area contributed by atoms with Crippen molar-refractivity contribution in [2.45, 2.75) is 30.5 Å². The van der Waals surface area contributed by atoms with E-state index in [0.717, 1.165) is 18.9 Å². The first-order valence-electron chi connectivity index (χ1n) is 8.82. The van der Waals surface area contributed by atoms with E-state index in [9.17, 15) is 30.8 Å². The van der Waals surface area contributed by atoms with Gasteiger partial charge in [-0.15, -0.1) is 0 Å². The lowest BCUT2D eigenvalue weighted by Crippen LogP contribution is -2.28. The van der Waals surface area contributed by atoms with E-state index in [2.05, 4.69) is 4.72 Å². The number of nitrogens with one attached hydrogen (secondary N) is 1. The Morgan fingerprint density at radius 1 is 1.07 bits per heavy atom. The van der Waals surface area contributed by atoms with Crippen LogP contribution in [0.4, 0.5) is 17.6 Å². The van der Waals surface area contributed by atoms with E-state index in [1.54, 1.807) is 23.1 Å². The van der Waals surface area contributed by atoms with Crippen LogP contribution in [0, 0.1) is 5.82 Å². The monoisotopic (exact) mass is 430 g/mol. The fraction of sp³-hybridized carbons (Fsp3) is 0.316. The molecule has 0 saturated carbocycles. The molecule has 0 bridgehead atoms. The van der Waals surface area contributed by atoms with Gasteiger partial charge < -0.3 is 4.90 Å². The summed E-state index contributed by atoms with van der Waals surface area (Å²) in [5.41, 5.74) is -0.778. The lowest BCUT2D eigenvalue weighted by molar-refractivity contribution is -0.140. The first-order chi connectivity index (χ1) is 13.6. The Kier molecular flexibility index (Phi) is 5.95. The number of hydrogen-bond donors (Lipinski definition) is 1. The standard InChI is InChI=1S/C19H18F4N2O3S/c20-17-7-6-15(11-16(17)19(21,22)23)29(27,28)24-12-13-4-3-5-14(10-13)18(26)25-8-1-2-9-25/h3-7,10-11,24H,1-2,8-9,12H2. The fourth-order valence-electron chi connectivity index (χ4n) is 3.07. The molecule has 1 N–H and O–H groups in total. The molecule has 156 valence electrons. The molecule has 0 aromatic heterocycles. The lowest BCUT2D eigenvalue weighted by Gasteiger charge is -2.16. The van der Waals surface area contributed by atoms with Crippen LogP contribution in [0.15, 0.2) is 47.4 Å². The topological polar surface area (TPSA) is 66.5 Å². The summed E-state index contributed by atoms with van der Waals surface area (Å²) in [6, 6.07) is 7.84. The second-order valence-electron chi connectivity index (χ2n) is 6.66. The van der Waals surface area contributed by atoms with Crippen molar-refractivity contribution in [1.82, 2.24) is 9.62 Å². The number of likely N-dealkylation sites (tertiary alicyclic amines) is 1. The van der Waals surface area contributed by atoms with E-state index >= 15 is 0 Å². The van der Waals surface area contributed by atoms with Gasteiger partial charge in [-0.3, -0.25) is 4.79 Å². The molecule has 0 unspecified atom stereocenters. The number of benzene rings is 2. The van der Waals surface area contributed by atoms with Crippen LogP contribution in [0.25, 0.3) is 0 Å². The third-order valence-electron chi connectivity index (χ3n) is 4.59. The van der Waals surface area contributed by atoms with Gasteiger partial charge in [-0.25, -0.2) is 17.5 Å². The van der Waals surface area contributed by atoms with Crippen LogP contribution >= 0.6 is 0 Å². The molecule has 0 atom stereocenters. The number of hydrogen-bond acceptors (Lipinski definition) is 3. The molecule has 2 aromatic carbocycles. The van der Waals surface area contributed by atoms with Crippen molar-refractivity contribution in [3.8, 4) is 0 Å². The number of carbonyl (C=O) groups is 1. The Bertz CT molecular complexity index is 1020. The Morgan fingerprint density at radius 3 is 2.41 bits per heavy atom. The maximum atomic E-state index is 13.4. The van der Waals surface area contributed by atoms with E-state index in [1.807, 2.05) is 0 Å². The Morgan fingerprint density at radius 2 is 1.76 bits per heavy atom. The minimum absolute atomic E-state index is 0.152. The third kappa shape index (κ3) is 4.94. The molecule has 1 saturated heterocycles. The molecule has 1 heterocycles. The maximum Gasteiger partial charge on any atom is 0.419 e. The summed E-state index contributed by atoms with van der Waals surface area (Å²) < 4.78 is 78.7. The van der Waals surface area contributed by atoms with Gasteiger partial charge in [0.15, 0.2) is 0 Å². The van der Waals surface area contributed by atoms with Crippen molar-refractivity contribution >= 4 is 15.9 Å². The molecule has 0 spiro atoms. The van der Waals surface area contributed by atoms with Crippen LogP contribution in [0.1, 0.15) is 34.3 Å². The van der Waals surface area contributed by atoms with Gasteiger partial charge in [-0.2, -0.15) is 13.2 Å². The quantitative estimate of drug-likeness (QED) is 0.738. The van der Waals surface area contributed by atoms with E-state index in [-0.39, 0.29) is 18.5 Å². The number of alkyl halides is 3. The van der Waals surface area contributed by atoms with Gasteiger partial charge in [0.2, 0.25) is 10.0 Å². The normalized spacial score (nSPS) is 15.0. The van der Waals surface area contributed by atoms with Crippen molar-refractivity contribution in [3.63, 3.8) is 0 Å². The highest BCUT2D eigenvalue weighted by Crippen LogP contribution is 2.32. The molecule has 29 heavy (non-hydrogen) atoms. The number of sulfonamides is 1. The fourth-order valence-corrected chi connectivity index (χ4v) is 4.11. The summed E-state index contributed by atoms with van der Waals surface area (Å²) >= 11 is 0. The van der Waals surface area contributed by atoms with Crippen LogP contribution in [0.2, 0.25) is 0 Å². The Hall–Kier alpha value is -2.46. The summed E-state index contributed by atoms with van der Waals surface area (Å²) in [4.78, 5) is 13.4. The molecule has 5 nitrogen and oxygen atoms in total. The highest BCUT2D eigenvalue weighted by Gasteiger charge is 2.35. The predicted octanol–water partition coefficient (Wildman–Crippen LogP) is 3.56. The number of rotatable bonds is 5. The predicted molar refractivity (Wildman–Crippen MR) is 97.0 cm³/mol. The molecule has 0 aliphatic carbocycles. The minimum atomic E-state index is -5.01. The third-order valence-corrected chi connectivity index (χ3v) is 5.99. The van der Waals surface area contributed by atoms with Gasteiger partial charge in [-0.1, -0.05) is 12.1 Å². The molecule has 1 aliphatic heterocycles. The number of nitrogens with zero attached hydrogens (tertiary/aromatic N) is 1. The first kappa shape index (κ1) is 21.3. The van der Waals surface area contributed by atoms with Gasteiger partial charge in [0.1, 0.15) is 5.82 Å². The van der Waals surface area contributed by atoms with E-state index in [1.165, 1.54) is 6.07 Å². The molecule has 3 rings (SSSR count). The highest BCUT2D eigenvalue weighted by atomic mass is 32.2. The van der Waals surface area contributed by atoms with Crippen LogP contribution in [-0.4, -0.2) is 32.3 Å². The van der Waals surface area contributed by atoms with E-state index in [0.29, 0.717) is 30.3 Å². The molecular weight excluding hydrogens is 412 g/mol. The van der Waals surface area contributed by atoms with Gasteiger partial charge >= 0.3 is 6.18 Å². The Labute approximate surface area is 165 Å².